The number of hydrogen-bond acceptors (Lipinski definition) is 2. The van der Waals surface area contributed by atoms with Crippen molar-refractivity contribution in [1.82, 2.24) is 4.57 Å². The predicted octanol–water partition coefficient (Wildman–Crippen LogP) is 4.56. The van der Waals surface area contributed by atoms with Gasteiger partial charge in [-0.3, -0.25) is 0 Å². The summed E-state index contributed by atoms with van der Waals surface area (Å²) in [6, 6.07) is 7.80. The van der Waals surface area contributed by atoms with E-state index in [0.717, 1.165) is 10.9 Å². The lowest BCUT2D eigenvalue weighted by molar-refractivity contribution is -0.0714. The minimum atomic E-state index is -0.575. The number of hydrogen-bond donors (Lipinski definition) is 1. The summed E-state index contributed by atoms with van der Waals surface area (Å²) >= 11 is 6.02. The van der Waals surface area contributed by atoms with Crippen LogP contribution in [0.5, 0.6) is 0 Å². The smallest absolute Gasteiger partial charge is 0.131 e. The topological polar surface area (TPSA) is 40.2 Å². The molecule has 0 bridgehead atoms. The summed E-state index contributed by atoms with van der Waals surface area (Å²) < 4.78 is 22.1. The summed E-state index contributed by atoms with van der Waals surface area (Å²) in [4.78, 5) is 0. The van der Waals surface area contributed by atoms with Crippen molar-refractivity contribution in [3.05, 3.63) is 59.2 Å². The lowest BCUT2D eigenvalue weighted by Crippen LogP contribution is -2.35. The van der Waals surface area contributed by atoms with E-state index in [1.807, 2.05) is 44.3 Å². The SMILES string of the molecule is CC(C)(Cn1ccc2cc(Cl)ccc21)OC1CC=C(N)C=C1F. The maximum Gasteiger partial charge on any atom is 0.131 e. The summed E-state index contributed by atoms with van der Waals surface area (Å²) in [5, 5.41) is 1.79. The second-order valence-corrected chi connectivity index (χ2v) is 6.92. The van der Waals surface area contributed by atoms with Gasteiger partial charge in [-0.25, -0.2) is 4.39 Å². The molecule has 0 fully saturated rings. The molecule has 23 heavy (non-hydrogen) atoms. The standard InChI is InChI=1S/C18H20ClFN2O/c1-18(2,23-17-6-4-14(21)10-15(17)20)11-22-8-7-12-9-13(19)3-5-16(12)22/h3-5,7-10,17H,6,11,21H2,1-2H3. The van der Waals surface area contributed by atoms with Crippen LogP contribution in [0.4, 0.5) is 4.39 Å². The van der Waals surface area contributed by atoms with Crippen LogP contribution in [0.3, 0.4) is 0 Å². The zero-order valence-electron chi connectivity index (χ0n) is 13.2. The third kappa shape index (κ3) is 3.59. The first-order valence-corrected chi connectivity index (χ1v) is 7.97. The first kappa shape index (κ1) is 16.1. The third-order valence-electron chi connectivity index (χ3n) is 3.93. The van der Waals surface area contributed by atoms with Gasteiger partial charge in [-0.05, 0) is 44.2 Å². The Hall–Kier alpha value is -1.78. The van der Waals surface area contributed by atoms with E-state index in [9.17, 15) is 4.39 Å². The van der Waals surface area contributed by atoms with E-state index in [2.05, 4.69) is 4.57 Å². The number of halogens is 2. The van der Waals surface area contributed by atoms with Gasteiger partial charge in [0.1, 0.15) is 11.9 Å². The van der Waals surface area contributed by atoms with E-state index in [1.165, 1.54) is 6.08 Å². The fourth-order valence-electron chi connectivity index (χ4n) is 2.91. The highest BCUT2D eigenvalue weighted by atomic mass is 35.5. The Morgan fingerprint density at radius 1 is 1.39 bits per heavy atom. The van der Waals surface area contributed by atoms with Crippen molar-refractivity contribution in [2.75, 3.05) is 0 Å². The Labute approximate surface area is 140 Å². The average Bonchev–Trinajstić information content (AvgIpc) is 2.83. The molecule has 1 heterocycles. The zero-order chi connectivity index (χ0) is 16.6. The minimum Gasteiger partial charge on any atom is -0.399 e. The number of benzene rings is 1. The molecule has 0 amide bonds. The van der Waals surface area contributed by atoms with Crippen molar-refractivity contribution in [1.29, 1.82) is 0 Å². The fraction of sp³-hybridized carbons (Fsp3) is 0.333. The summed E-state index contributed by atoms with van der Waals surface area (Å²) in [6.45, 7) is 4.54. The van der Waals surface area contributed by atoms with Gasteiger partial charge in [0, 0.05) is 34.2 Å². The highest BCUT2D eigenvalue weighted by Gasteiger charge is 2.28. The number of nitrogens with zero attached hydrogens (tertiary/aromatic N) is 1. The van der Waals surface area contributed by atoms with E-state index >= 15 is 0 Å². The van der Waals surface area contributed by atoms with E-state index < -0.39 is 11.7 Å². The maximum absolute atomic E-state index is 14.0. The van der Waals surface area contributed by atoms with Crippen LogP contribution in [0.15, 0.2) is 54.1 Å². The van der Waals surface area contributed by atoms with Crippen LogP contribution in [-0.2, 0) is 11.3 Å². The quantitative estimate of drug-likeness (QED) is 0.890. The molecule has 3 nitrogen and oxygen atoms in total. The van der Waals surface area contributed by atoms with Crippen molar-refractivity contribution >= 4 is 22.5 Å². The Morgan fingerprint density at radius 2 is 2.17 bits per heavy atom. The second-order valence-electron chi connectivity index (χ2n) is 6.48. The molecule has 0 aliphatic heterocycles. The summed E-state index contributed by atoms with van der Waals surface area (Å²) in [6.07, 6.45) is 5.00. The van der Waals surface area contributed by atoms with E-state index in [-0.39, 0.29) is 5.83 Å². The minimum absolute atomic E-state index is 0.317. The zero-order valence-corrected chi connectivity index (χ0v) is 14.0. The van der Waals surface area contributed by atoms with Gasteiger partial charge in [0.05, 0.1) is 12.1 Å². The van der Waals surface area contributed by atoms with Crippen molar-refractivity contribution < 1.29 is 9.13 Å². The average molecular weight is 335 g/mol. The molecular weight excluding hydrogens is 315 g/mol. The highest BCUT2D eigenvalue weighted by Crippen LogP contribution is 2.28. The van der Waals surface area contributed by atoms with Gasteiger partial charge in [-0.2, -0.15) is 0 Å². The number of fused-ring (bicyclic) bond motifs is 1. The predicted molar refractivity (Wildman–Crippen MR) is 92.0 cm³/mol. The summed E-state index contributed by atoms with van der Waals surface area (Å²) in [7, 11) is 0. The van der Waals surface area contributed by atoms with Crippen molar-refractivity contribution in [3.63, 3.8) is 0 Å². The van der Waals surface area contributed by atoms with Gasteiger partial charge in [0.15, 0.2) is 0 Å². The van der Waals surface area contributed by atoms with Crippen LogP contribution >= 0.6 is 11.6 Å². The molecule has 2 aromatic rings. The number of allylic oxidation sites excluding steroid dienone is 1. The maximum atomic E-state index is 14.0. The van der Waals surface area contributed by atoms with Crippen LogP contribution in [0.25, 0.3) is 10.9 Å². The Kier molecular flexibility index (Phi) is 4.21. The molecule has 0 radical (unpaired) electrons. The molecule has 1 atom stereocenters. The first-order chi connectivity index (χ1) is 10.8. The monoisotopic (exact) mass is 334 g/mol. The molecule has 5 heteroatoms. The lowest BCUT2D eigenvalue weighted by Gasteiger charge is -2.31. The van der Waals surface area contributed by atoms with Crippen LogP contribution in [0.1, 0.15) is 20.3 Å². The molecular formula is C18H20ClFN2O. The normalized spacial score (nSPS) is 18.9. The molecule has 1 aromatic carbocycles. The van der Waals surface area contributed by atoms with Crippen molar-refractivity contribution in [2.24, 2.45) is 5.73 Å². The van der Waals surface area contributed by atoms with E-state index in [0.29, 0.717) is 23.7 Å². The van der Waals surface area contributed by atoms with E-state index in [4.69, 9.17) is 22.1 Å². The van der Waals surface area contributed by atoms with Gasteiger partial charge in [0.25, 0.3) is 0 Å². The van der Waals surface area contributed by atoms with Crippen molar-refractivity contribution in [2.45, 2.75) is 38.5 Å². The second kappa shape index (κ2) is 6.02. The molecule has 0 saturated carbocycles. The fourth-order valence-corrected chi connectivity index (χ4v) is 3.09. The van der Waals surface area contributed by atoms with Gasteiger partial charge in [-0.15, -0.1) is 0 Å². The molecule has 2 N–H and O–H groups in total. The first-order valence-electron chi connectivity index (χ1n) is 7.59. The van der Waals surface area contributed by atoms with Gasteiger partial charge < -0.3 is 15.0 Å². The number of aromatic nitrogens is 1. The number of nitrogens with two attached hydrogens (primary N) is 1. The number of ether oxygens (including phenoxy) is 1. The highest BCUT2D eigenvalue weighted by molar-refractivity contribution is 6.31. The van der Waals surface area contributed by atoms with Gasteiger partial charge >= 0.3 is 0 Å². The Morgan fingerprint density at radius 3 is 2.91 bits per heavy atom. The van der Waals surface area contributed by atoms with Gasteiger partial charge in [-0.1, -0.05) is 17.7 Å². The summed E-state index contributed by atoms with van der Waals surface area (Å²) in [5.74, 6) is -0.317. The van der Waals surface area contributed by atoms with E-state index in [1.54, 1.807) is 6.08 Å². The number of rotatable bonds is 4. The molecule has 1 aromatic heterocycles. The Balaban J connectivity index is 1.76. The van der Waals surface area contributed by atoms with Crippen LogP contribution in [0.2, 0.25) is 5.02 Å². The molecule has 1 aliphatic carbocycles. The van der Waals surface area contributed by atoms with Crippen LogP contribution in [-0.4, -0.2) is 16.3 Å². The summed E-state index contributed by atoms with van der Waals surface area (Å²) in [5.41, 5.74) is 6.61. The van der Waals surface area contributed by atoms with Crippen LogP contribution in [0, 0.1) is 0 Å². The Bertz CT molecular complexity index is 791. The largest absolute Gasteiger partial charge is 0.399 e. The molecule has 122 valence electrons. The molecule has 1 unspecified atom stereocenters. The lowest BCUT2D eigenvalue weighted by atomic mass is 10.1. The third-order valence-corrected chi connectivity index (χ3v) is 4.16. The molecule has 1 aliphatic rings. The molecule has 3 rings (SSSR count). The van der Waals surface area contributed by atoms with Crippen molar-refractivity contribution in [3.8, 4) is 0 Å². The van der Waals surface area contributed by atoms with Gasteiger partial charge in [0.2, 0.25) is 0 Å². The molecule has 0 spiro atoms. The molecule has 0 saturated heterocycles. The van der Waals surface area contributed by atoms with Crippen LogP contribution < -0.4 is 5.73 Å².